The van der Waals surface area contributed by atoms with Crippen molar-refractivity contribution in [3.8, 4) is 0 Å². The van der Waals surface area contributed by atoms with Crippen LogP contribution in [0.5, 0.6) is 0 Å². The predicted octanol–water partition coefficient (Wildman–Crippen LogP) is -1.37. The molecule has 0 aromatic heterocycles. The summed E-state index contributed by atoms with van der Waals surface area (Å²) in [7, 11) is -4.28. The summed E-state index contributed by atoms with van der Waals surface area (Å²) < 4.78 is 35.4. The third kappa shape index (κ3) is 7.12. The molecule has 0 aliphatic heterocycles. The van der Waals surface area contributed by atoms with Crippen LogP contribution in [0.3, 0.4) is 0 Å². The average Bonchev–Trinajstić information content (AvgIpc) is 1.81. The average molecular weight is 228 g/mol. The molecule has 0 aliphatic carbocycles. The van der Waals surface area contributed by atoms with Gasteiger partial charge in [0.25, 0.3) is 0 Å². The van der Waals surface area contributed by atoms with Crippen LogP contribution in [-0.4, -0.2) is 43.0 Å². The fourth-order valence-electron chi connectivity index (χ4n) is 0.907. The Morgan fingerprint density at radius 1 is 1.54 bits per heavy atom. The summed E-state index contributed by atoms with van der Waals surface area (Å²) in [4.78, 5) is 0. The molecule has 0 radical (unpaired) electrons. The van der Waals surface area contributed by atoms with E-state index >= 15 is 0 Å². The molecular weight excluding hydrogens is 212 g/mol. The van der Waals surface area contributed by atoms with E-state index in [1.54, 1.807) is 6.92 Å². The molecule has 0 fully saturated rings. The second kappa shape index (κ2) is 5.69. The summed E-state index contributed by atoms with van der Waals surface area (Å²) in [6, 6.07) is -0.303. The van der Waals surface area contributed by atoms with Gasteiger partial charge < -0.3 is 5.73 Å². The van der Waals surface area contributed by atoms with E-state index in [1.807, 2.05) is 0 Å². The molecule has 0 aromatic carbocycles. The van der Waals surface area contributed by atoms with Crippen LogP contribution in [-0.2, 0) is 20.8 Å². The van der Waals surface area contributed by atoms with Gasteiger partial charge in [0.2, 0.25) is 10.0 Å². The van der Waals surface area contributed by atoms with Crippen molar-refractivity contribution in [1.82, 2.24) is 4.72 Å². The predicted molar refractivity (Wildman–Crippen MR) is 54.4 cm³/mol. The number of sulfonamides is 1. The van der Waals surface area contributed by atoms with Gasteiger partial charge in [0.1, 0.15) is 0 Å². The van der Waals surface area contributed by atoms with Crippen molar-refractivity contribution in [3.05, 3.63) is 0 Å². The highest BCUT2D eigenvalue weighted by molar-refractivity contribution is 7.89. The number of nitrogens with two attached hydrogens (primary N) is 1. The first-order valence-electron chi connectivity index (χ1n) is 3.87. The van der Waals surface area contributed by atoms with Gasteiger partial charge in [0.05, 0.1) is 5.75 Å². The molecule has 0 spiro atoms. The first-order valence-corrected chi connectivity index (χ1v) is 7.25. The van der Waals surface area contributed by atoms with Crippen molar-refractivity contribution >= 4 is 20.8 Å². The van der Waals surface area contributed by atoms with E-state index in [4.69, 9.17) is 5.73 Å². The number of rotatable bonds is 6. The summed E-state index contributed by atoms with van der Waals surface area (Å²) in [5, 5.41) is 0. The molecule has 0 saturated carbocycles. The lowest BCUT2D eigenvalue weighted by atomic mass is 10.4. The molecule has 0 heterocycles. The van der Waals surface area contributed by atoms with Crippen molar-refractivity contribution in [2.24, 2.45) is 5.73 Å². The van der Waals surface area contributed by atoms with Crippen LogP contribution in [0.1, 0.15) is 6.92 Å². The zero-order valence-corrected chi connectivity index (χ0v) is 9.45. The molecule has 2 atom stereocenters. The molecule has 2 unspecified atom stereocenters. The van der Waals surface area contributed by atoms with Crippen molar-refractivity contribution in [1.29, 1.82) is 0 Å². The van der Waals surface area contributed by atoms with Gasteiger partial charge in [0.15, 0.2) is 0 Å². The van der Waals surface area contributed by atoms with Gasteiger partial charge >= 0.3 is 0 Å². The van der Waals surface area contributed by atoms with E-state index in [0.29, 0.717) is 5.75 Å². The van der Waals surface area contributed by atoms with Gasteiger partial charge in [-0.25, -0.2) is 13.1 Å². The Hall–Kier alpha value is 0.0200. The van der Waals surface area contributed by atoms with Crippen molar-refractivity contribution in [2.75, 3.05) is 24.3 Å². The van der Waals surface area contributed by atoms with E-state index in [0.717, 1.165) is 0 Å². The van der Waals surface area contributed by atoms with Crippen LogP contribution >= 0.6 is 0 Å². The first kappa shape index (κ1) is 13.0. The van der Waals surface area contributed by atoms with Crippen LogP contribution < -0.4 is 10.5 Å². The van der Waals surface area contributed by atoms with Gasteiger partial charge in [-0.2, -0.15) is 0 Å². The minimum atomic E-state index is -3.29. The zero-order valence-electron chi connectivity index (χ0n) is 7.82. The maximum atomic E-state index is 11.1. The smallest absolute Gasteiger partial charge is 0.213 e. The molecule has 0 amide bonds. The molecule has 0 rings (SSSR count). The van der Waals surface area contributed by atoms with E-state index in [9.17, 15) is 12.6 Å². The highest BCUT2D eigenvalue weighted by Crippen LogP contribution is 1.90. The summed E-state index contributed by atoms with van der Waals surface area (Å²) in [5.74, 6) is 0.234. The molecule has 0 bridgehead atoms. The van der Waals surface area contributed by atoms with Gasteiger partial charge in [-0.15, -0.1) is 0 Å². The third-order valence-corrected chi connectivity index (χ3v) is 3.76. The quantitative estimate of drug-likeness (QED) is 0.587. The van der Waals surface area contributed by atoms with Crippen molar-refractivity contribution in [2.45, 2.75) is 13.0 Å². The topological polar surface area (TPSA) is 89.3 Å². The zero-order chi connectivity index (χ0) is 10.5. The second-order valence-electron chi connectivity index (χ2n) is 2.87. The lowest BCUT2D eigenvalue weighted by molar-refractivity contribution is 0.570. The molecule has 80 valence electrons. The summed E-state index contributed by atoms with van der Waals surface area (Å²) in [5.41, 5.74) is 5.11. The minimum Gasteiger partial charge on any atom is -0.329 e. The Morgan fingerprint density at radius 3 is 2.46 bits per heavy atom. The van der Waals surface area contributed by atoms with Crippen LogP contribution in [0.2, 0.25) is 0 Å². The van der Waals surface area contributed by atoms with Crippen LogP contribution in [0.15, 0.2) is 0 Å². The SMILES string of the molecule is CC(CS(C)=O)NS(=O)(=O)CCN. The van der Waals surface area contributed by atoms with Gasteiger partial charge in [-0.3, -0.25) is 4.21 Å². The highest BCUT2D eigenvalue weighted by atomic mass is 32.2. The van der Waals surface area contributed by atoms with E-state index in [-0.39, 0.29) is 18.3 Å². The Bertz CT molecular complexity index is 263. The molecule has 3 N–H and O–H groups in total. The van der Waals surface area contributed by atoms with Gasteiger partial charge in [-0.1, -0.05) is 0 Å². The number of hydrogen-bond donors (Lipinski definition) is 2. The highest BCUT2D eigenvalue weighted by Gasteiger charge is 2.13. The lowest BCUT2D eigenvalue weighted by Gasteiger charge is -2.11. The van der Waals surface area contributed by atoms with E-state index < -0.39 is 20.8 Å². The monoisotopic (exact) mass is 228 g/mol. The van der Waals surface area contributed by atoms with Crippen LogP contribution in [0, 0.1) is 0 Å². The normalized spacial score (nSPS) is 16.8. The maximum Gasteiger partial charge on any atom is 0.213 e. The number of hydrogen-bond acceptors (Lipinski definition) is 4. The largest absolute Gasteiger partial charge is 0.329 e. The van der Waals surface area contributed by atoms with Crippen molar-refractivity contribution < 1.29 is 12.6 Å². The van der Waals surface area contributed by atoms with Crippen molar-refractivity contribution in [3.63, 3.8) is 0 Å². The second-order valence-corrected chi connectivity index (χ2v) is 6.22. The van der Waals surface area contributed by atoms with Crippen LogP contribution in [0.4, 0.5) is 0 Å². The standard InChI is InChI=1S/C6H16N2O3S2/c1-6(5-12(2)9)8-13(10,11)4-3-7/h6,8H,3-5,7H2,1-2H3. The minimum absolute atomic E-state index is 0.0896. The summed E-state index contributed by atoms with van der Waals surface area (Å²) in [6.45, 7) is 1.77. The molecule has 0 saturated heterocycles. The van der Waals surface area contributed by atoms with Gasteiger partial charge in [-0.05, 0) is 6.92 Å². The fraction of sp³-hybridized carbons (Fsp3) is 1.00. The summed E-state index contributed by atoms with van der Waals surface area (Å²) in [6.07, 6.45) is 1.54. The lowest BCUT2D eigenvalue weighted by Crippen LogP contribution is -2.39. The Balaban J connectivity index is 4.04. The molecular formula is C6H16N2O3S2. The molecule has 0 aromatic rings. The molecule has 7 heteroatoms. The fourth-order valence-corrected chi connectivity index (χ4v) is 2.92. The maximum absolute atomic E-state index is 11.1. The van der Waals surface area contributed by atoms with Gasteiger partial charge in [0, 0.05) is 35.4 Å². The third-order valence-electron chi connectivity index (χ3n) is 1.25. The number of nitrogens with one attached hydrogen (secondary N) is 1. The Kier molecular flexibility index (Phi) is 5.70. The summed E-state index contributed by atoms with van der Waals surface area (Å²) >= 11 is 0. The molecule has 0 aliphatic rings. The Labute approximate surface area is 81.6 Å². The van der Waals surface area contributed by atoms with E-state index in [2.05, 4.69) is 4.72 Å². The first-order chi connectivity index (χ1) is 5.87. The Morgan fingerprint density at radius 2 is 2.08 bits per heavy atom. The van der Waals surface area contributed by atoms with Crippen LogP contribution in [0.25, 0.3) is 0 Å². The van der Waals surface area contributed by atoms with E-state index in [1.165, 1.54) is 6.26 Å². The molecule has 13 heavy (non-hydrogen) atoms. The molecule has 5 nitrogen and oxygen atoms in total.